The molecule has 0 unspecified atom stereocenters. The molecule has 4 nitrogen and oxygen atoms in total. The van der Waals surface area contributed by atoms with Gasteiger partial charge in [0.15, 0.2) is 0 Å². The summed E-state index contributed by atoms with van der Waals surface area (Å²) in [6.07, 6.45) is 0. The van der Waals surface area contributed by atoms with Crippen LogP contribution < -0.4 is 16.6 Å². The maximum absolute atomic E-state index is 13.7. The number of aryl methyl sites for hydroxylation is 1. The summed E-state index contributed by atoms with van der Waals surface area (Å²) in [6, 6.07) is 8.36. The van der Waals surface area contributed by atoms with Crippen LogP contribution in [0.1, 0.15) is 15.9 Å². The Morgan fingerprint density at radius 3 is 2.25 bits per heavy atom. The molecule has 2 rings (SSSR count). The van der Waals surface area contributed by atoms with Gasteiger partial charge in [0.05, 0.1) is 16.9 Å². The molecule has 4 N–H and O–H groups in total. The topological polar surface area (TPSA) is 67.2 Å². The first-order valence-electron chi connectivity index (χ1n) is 5.86. The predicted octanol–water partition coefficient (Wildman–Crippen LogP) is 2.81. The highest BCUT2D eigenvalue weighted by molar-refractivity contribution is 6.08. The Balaban J connectivity index is 2.36. The van der Waals surface area contributed by atoms with Crippen LogP contribution in [0.15, 0.2) is 36.4 Å². The number of nitrogens with two attached hydrogens (primary N) is 1. The van der Waals surface area contributed by atoms with Crippen molar-refractivity contribution < 1.29 is 13.6 Å². The van der Waals surface area contributed by atoms with Gasteiger partial charge in [-0.15, -0.1) is 0 Å². The summed E-state index contributed by atoms with van der Waals surface area (Å²) in [4.78, 5) is 12.1. The third-order valence-electron chi connectivity index (χ3n) is 2.86. The number of amides is 1. The molecule has 0 atom stereocenters. The minimum absolute atomic E-state index is 0.00449. The predicted molar refractivity (Wildman–Crippen MR) is 73.3 cm³/mol. The van der Waals surface area contributed by atoms with E-state index >= 15 is 0 Å². The average molecular weight is 277 g/mol. The third-order valence-corrected chi connectivity index (χ3v) is 2.86. The maximum atomic E-state index is 13.7. The molecule has 0 radical (unpaired) electrons. The highest BCUT2D eigenvalue weighted by atomic mass is 19.1. The van der Waals surface area contributed by atoms with Gasteiger partial charge in [0.25, 0.3) is 5.91 Å². The van der Waals surface area contributed by atoms with Gasteiger partial charge in [-0.05, 0) is 30.7 Å². The largest absolute Gasteiger partial charge is 0.321 e. The smallest absolute Gasteiger partial charge is 0.258 e. The van der Waals surface area contributed by atoms with E-state index in [9.17, 15) is 13.6 Å². The van der Waals surface area contributed by atoms with E-state index in [2.05, 4.69) is 10.7 Å². The number of halogens is 2. The normalized spacial score (nSPS) is 10.2. The second kappa shape index (κ2) is 5.66. The molecule has 0 fully saturated rings. The van der Waals surface area contributed by atoms with Crippen LogP contribution in [-0.4, -0.2) is 5.91 Å². The molecule has 20 heavy (non-hydrogen) atoms. The van der Waals surface area contributed by atoms with Gasteiger partial charge in [-0.1, -0.05) is 18.2 Å². The van der Waals surface area contributed by atoms with Gasteiger partial charge in [0, 0.05) is 0 Å². The zero-order valence-electron chi connectivity index (χ0n) is 10.7. The molecule has 0 saturated heterocycles. The first-order valence-corrected chi connectivity index (χ1v) is 5.86. The van der Waals surface area contributed by atoms with Gasteiger partial charge in [-0.25, -0.2) is 8.78 Å². The lowest BCUT2D eigenvalue weighted by atomic mass is 10.1. The van der Waals surface area contributed by atoms with Gasteiger partial charge in [-0.2, -0.15) is 0 Å². The van der Waals surface area contributed by atoms with E-state index in [0.717, 1.165) is 0 Å². The minimum Gasteiger partial charge on any atom is -0.321 e. The summed E-state index contributed by atoms with van der Waals surface area (Å²) in [6.45, 7) is 1.66. The van der Waals surface area contributed by atoms with E-state index < -0.39 is 17.5 Å². The van der Waals surface area contributed by atoms with E-state index in [1.807, 2.05) is 0 Å². The minimum atomic E-state index is -0.662. The summed E-state index contributed by atoms with van der Waals surface area (Å²) in [5.74, 6) is 3.33. The molecule has 0 aliphatic heterocycles. The number of carbonyl (C=O) groups excluding carboxylic acids is 1. The third kappa shape index (κ3) is 2.60. The molecular weight excluding hydrogens is 264 g/mol. The van der Waals surface area contributed by atoms with Gasteiger partial charge in [-0.3, -0.25) is 10.6 Å². The lowest BCUT2D eigenvalue weighted by Crippen LogP contribution is -2.19. The quantitative estimate of drug-likeness (QED) is 0.597. The number of hydrazine groups is 1. The molecule has 2 aromatic carbocycles. The van der Waals surface area contributed by atoms with Crippen LogP contribution in [0.5, 0.6) is 0 Å². The fraction of sp³-hybridized carbons (Fsp3) is 0.0714. The average Bonchev–Trinajstić information content (AvgIpc) is 2.42. The van der Waals surface area contributed by atoms with Gasteiger partial charge in [0.1, 0.15) is 11.6 Å². The second-order valence-electron chi connectivity index (χ2n) is 4.19. The van der Waals surface area contributed by atoms with Gasteiger partial charge >= 0.3 is 0 Å². The van der Waals surface area contributed by atoms with Crippen molar-refractivity contribution in [2.24, 2.45) is 5.84 Å². The van der Waals surface area contributed by atoms with Gasteiger partial charge in [0.2, 0.25) is 0 Å². The van der Waals surface area contributed by atoms with E-state index in [1.54, 1.807) is 13.0 Å². The molecule has 0 saturated carbocycles. The van der Waals surface area contributed by atoms with Crippen molar-refractivity contribution in [2.45, 2.75) is 6.92 Å². The fourth-order valence-electron chi connectivity index (χ4n) is 1.83. The monoisotopic (exact) mass is 277 g/mol. The van der Waals surface area contributed by atoms with Crippen molar-refractivity contribution in [3.05, 3.63) is 59.2 Å². The number of benzene rings is 2. The number of para-hydroxylation sites is 2. The molecule has 104 valence electrons. The zero-order chi connectivity index (χ0) is 14.7. The Morgan fingerprint density at radius 2 is 1.65 bits per heavy atom. The van der Waals surface area contributed by atoms with Crippen LogP contribution in [0.25, 0.3) is 0 Å². The van der Waals surface area contributed by atoms with Crippen molar-refractivity contribution in [3.8, 4) is 0 Å². The van der Waals surface area contributed by atoms with Crippen molar-refractivity contribution in [3.63, 3.8) is 0 Å². The van der Waals surface area contributed by atoms with Crippen LogP contribution in [-0.2, 0) is 0 Å². The first kappa shape index (κ1) is 14.0. The lowest BCUT2D eigenvalue weighted by molar-refractivity contribution is 0.102. The molecular formula is C14H13F2N3O. The van der Waals surface area contributed by atoms with Crippen molar-refractivity contribution >= 4 is 17.3 Å². The molecule has 0 spiro atoms. The van der Waals surface area contributed by atoms with E-state index in [1.165, 1.54) is 30.3 Å². The Kier molecular flexibility index (Phi) is 3.95. The summed E-state index contributed by atoms with van der Waals surface area (Å²) < 4.78 is 27.2. The molecule has 0 bridgehead atoms. The lowest BCUT2D eigenvalue weighted by Gasteiger charge is -2.12. The van der Waals surface area contributed by atoms with Crippen molar-refractivity contribution in [2.75, 3.05) is 10.7 Å². The van der Waals surface area contributed by atoms with Crippen LogP contribution >= 0.6 is 0 Å². The molecule has 0 aliphatic carbocycles. The highest BCUT2D eigenvalue weighted by Crippen LogP contribution is 2.23. The number of nitrogen functional groups attached to an aromatic ring is 1. The summed E-state index contributed by atoms with van der Waals surface area (Å²) >= 11 is 0. The van der Waals surface area contributed by atoms with Crippen LogP contribution in [0.4, 0.5) is 20.2 Å². The van der Waals surface area contributed by atoms with Gasteiger partial charge < -0.3 is 10.7 Å². The molecule has 6 heteroatoms. The number of nitrogens with one attached hydrogen (secondary N) is 2. The summed E-state index contributed by atoms with van der Waals surface area (Å²) in [7, 11) is 0. The summed E-state index contributed by atoms with van der Waals surface area (Å²) in [5.41, 5.74) is 2.61. The Hall–Kier alpha value is -2.47. The first-order chi connectivity index (χ1) is 9.54. The Labute approximate surface area is 114 Å². The van der Waals surface area contributed by atoms with Crippen LogP contribution in [0, 0.1) is 18.6 Å². The van der Waals surface area contributed by atoms with Crippen LogP contribution in [0.3, 0.4) is 0 Å². The SMILES string of the molecule is Cc1cccc(F)c1NC(=O)c1cccc(F)c1NN. The van der Waals surface area contributed by atoms with E-state index in [-0.39, 0.29) is 16.9 Å². The van der Waals surface area contributed by atoms with Crippen molar-refractivity contribution in [1.82, 2.24) is 0 Å². The van der Waals surface area contributed by atoms with Crippen molar-refractivity contribution in [1.29, 1.82) is 0 Å². The molecule has 0 aliphatic rings. The second-order valence-corrected chi connectivity index (χ2v) is 4.19. The molecule has 0 heterocycles. The van der Waals surface area contributed by atoms with Crippen LogP contribution in [0.2, 0.25) is 0 Å². The molecule has 1 amide bonds. The number of rotatable bonds is 3. The maximum Gasteiger partial charge on any atom is 0.258 e. The van der Waals surface area contributed by atoms with E-state index in [0.29, 0.717) is 5.56 Å². The standard InChI is InChI=1S/C14H13F2N3O/c1-8-4-2-6-10(15)12(8)18-14(20)9-5-3-7-11(16)13(9)19-17/h2-7,19H,17H2,1H3,(H,18,20). The number of carbonyl (C=O) groups is 1. The Bertz CT molecular complexity index is 639. The highest BCUT2D eigenvalue weighted by Gasteiger charge is 2.16. The number of hydrogen-bond acceptors (Lipinski definition) is 3. The molecule has 0 aromatic heterocycles. The fourth-order valence-corrected chi connectivity index (χ4v) is 1.83. The number of hydrogen-bond donors (Lipinski definition) is 3. The number of anilines is 2. The Morgan fingerprint density at radius 1 is 1.05 bits per heavy atom. The zero-order valence-corrected chi connectivity index (χ0v) is 10.7. The van der Waals surface area contributed by atoms with E-state index in [4.69, 9.17) is 5.84 Å². The summed E-state index contributed by atoms with van der Waals surface area (Å²) in [5, 5.41) is 2.42. The molecule has 2 aromatic rings.